The van der Waals surface area contributed by atoms with Gasteiger partial charge in [-0.2, -0.15) is 0 Å². The number of nitrogens with one attached hydrogen (secondary N) is 1. The van der Waals surface area contributed by atoms with Crippen molar-refractivity contribution in [2.24, 2.45) is 5.92 Å². The van der Waals surface area contributed by atoms with Crippen molar-refractivity contribution in [2.45, 2.75) is 65.4 Å². The summed E-state index contributed by atoms with van der Waals surface area (Å²) < 4.78 is 7.74. The van der Waals surface area contributed by atoms with Gasteiger partial charge in [-0.05, 0) is 71.3 Å². The number of benzene rings is 1. The molecule has 5 rings (SSSR count). The Labute approximate surface area is 210 Å². The number of tetrazole rings is 1. The highest BCUT2D eigenvalue weighted by Gasteiger charge is 2.31. The predicted octanol–water partition coefficient (Wildman–Crippen LogP) is 3.80. The molecule has 0 aliphatic carbocycles. The van der Waals surface area contributed by atoms with Crippen molar-refractivity contribution >= 4 is 10.9 Å². The fraction of sp³-hybridized carbons (Fsp3) is 0.444. The Balaban J connectivity index is 1.53. The highest BCUT2D eigenvalue weighted by Crippen LogP contribution is 2.30. The van der Waals surface area contributed by atoms with Gasteiger partial charge in [0.1, 0.15) is 0 Å². The van der Waals surface area contributed by atoms with E-state index in [2.05, 4.69) is 63.3 Å². The predicted molar refractivity (Wildman–Crippen MR) is 137 cm³/mol. The molecule has 3 aromatic heterocycles. The van der Waals surface area contributed by atoms with E-state index in [1.54, 1.807) is 6.20 Å². The van der Waals surface area contributed by atoms with Crippen molar-refractivity contribution in [2.75, 3.05) is 6.61 Å². The summed E-state index contributed by atoms with van der Waals surface area (Å²) in [6.07, 6.45) is 5.84. The summed E-state index contributed by atoms with van der Waals surface area (Å²) in [6.45, 7) is 8.86. The zero-order chi connectivity index (χ0) is 25.1. The second-order valence-corrected chi connectivity index (χ2v) is 10.0. The van der Waals surface area contributed by atoms with Crippen LogP contribution in [-0.4, -0.2) is 47.8 Å². The van der Waals surface area contributed by atoms with Gasteiger partial charge in [0.25, 0.3) is 5.56 Å². The van der Waals surface area contributed by atoms with Gasteiger partial charge in [0.15, 0.2) is 5.82 Å². The van der Waals surface area contributed by atoms with Gasteiger partial charge < -0.3 is 9.72 Å². The number of hydrogen-bond donors (Lipinski definition) is 1. The molecule has 0 amide bonds. The number of nitrogens with zero attached hydrogens (tertiary/aromatic N) is 6. The van der Waals surface area contributed by atoms with Gasteiger partial charge in [-0.15, -0.1) is 5.10 Å². The average molecular weight is 488 g/mol. The number of hydrogen-bond acceptors (Lipinski definition) is 7. The summed E-state index contributed by atoms with van der Waals surface area (Å²) in [5, 5.41) is 13.8. The standard InChI is InChI=1S/C27H33N7O2/c1-18(2)25(26-30-31-32-34(26)17-23-7-5-11-36-23)33(15-20-6-4-10-28-14-20)16-22-13-21-12-19(3)8-9-24(21)29-27(22)35/h4,6,8-10,12-14,18,23,25H,5,7,11,15-17H2,1-3H3,(H,29,35)/t23-,25+/m1/s1. The fourth-order valence-corrected chi connectivity index (χ4v) is 5.10. The Kier molecular flexibility index (Phi) is 7.20. The molecular weight excluding hydrogens is 454 g/mol. The maximum Gasteiger partial charge on any atom is 0.252 e. The van der Waals surface area contributed by atoms with Crippen LogP contribution in [0.1, 0.15) is 55.2 Å². The molecule has 1 aliphatic heterocycles. The molecule has 9 nitrogen and oxygen atoms in total. The molecule has 1 aliphatic rings. The number of aryl methyl sites for hydroxylation is 1. The van der Waals surface area contributed by atoms with Crippen LogP contribution in [0.15, 0.2) is 53.6 Å². The van der Waals surface area contributed by atoms with E-state index < -0.39 is 0 Å². The lowest BCUT2D eigenvalue weighted by Crippen LogP contribution is -2.36. The molecule has 188 valence electrons. The van der Waals surface area contributed by atoms with Gasteiger partial charge >= 0.3 is 0 Å². The number of ether oxygens (including phenoxy) is 1. The molecule has 1 fully saturated rings. The highest BCUT2D eigenvalue weighted by atomic mass is 16.5. The number of pyridine rings is 2. The Morgan fingerprint density at radius 3 is 2.86 bits per heavy atom. The van der Waals surface area contributed by atoms with Gasteiger partial charge in [-0.25, -0.2) is 4.68 Å². The Hall–Kier alpha value is -3.43. The van der Waals surface area contributed by atoms with Gasteiger partial charge in [-0.1, -0.05) is 31.5 Å². The van der Waals surface area contributed by atoms with Crippen molar-refractivity contribution in [3.05, 3.63) is 81.7 Å². The SMILES string of the molecule is Cc1ccc2[nH]c(=O)c(CN(Cc3cccnc3)[C@H](c3nnnn3C[C@H]3CCCO3)C(C)C)cc2c1. The summed E-state index contributed by atoms with van der Waals surface area (Å²) in [6, 6.07) is 11.9. The van der Waals surface area contributed by atoms with E-state index in [1.165, 1.54) is 0 Å². The van der Waals surface area contributed by atoms with Gasteiger partial charge in [0, 0.05) is 43.2 Å². The minimum absolute atomic E-state index is 0.0796. The van der Waals surface area contributed by atoms with E-state index in [0.717, 1.165) is 47.3 Å². The lowest BCUT2D eigenvalue weighted by molar-refractivity contribution is 0.0851. The molecule has 4 aromatic rings. The zero-order valence-electron chi connectivity index (χ0n) is 21.1. The Morgan fingerprint density at radius 2 is 2.11 bits per heavy atom. The third-order valence-electron chi connectivity index (χ3n) is 6.81. The van der Waals surface area contributed by atoms with Crippen molar-refractivity contribution in [1.82, 2.24) is 35.1 Å². The van der Waals surface area contributed by atoms with Gasteiger partial charge in [-0.3, -0.25) is 14.7 Å². The molecule has 4 heterocycles. The van der Waals surface area contributed by atoms with E-state index >= 15 is 0 Å². The number of rotatable bonds is 9. The fourth-order valence-electron chi connectivity index (χ4n) is 5.10. The summed E-state index contributed by atoms with van der Waals surface area (Å²) in [5.74, 6) is 0.982. The molecule has 1 saturated heterocycles. The minimum atomic E-state index is -0.116. The number of aromatic nitrogens is 6. The third kappa shape index (κ3) is 5.37. The van der Waals surface area contributed by atoms with Crippen LogP contribution in [-0.2, 0) is 24.4 Å². The summed E-state index contributed by atoms with van der Waals surface area (Å²) in [5.41, 5.74) is 3.69. The van der Waals surface area contributed by atoms with Crippen LogP contribution < -0.4 is 5.56 Å². The molecule has 9 heteroatoms. The monoisotopic (exact) mass is 487 g/mol. The molecule has 36 heavy (non-hydrogen) atoms. The first-order chi connectivity index (χ1) is 17.5. The van der Waals surface area contributed by atoms with Crippen LogP contribution in [0.5, 0.6) is 0 Å². The van der Waals surface area contributed by atoms with Crippen molar-refractivity contribution in [1.29, 1.82) is 0 Å². The first-order valence-electron chi connectivity index (χ1n) is 12.6. The van der Waals surface area contributed by atoms with Crippen LogP contribution in [0.3, 0.4) is 0 Å². The second-order valence-electron chi connectivity index (χ2n) is 10.0. The largest absolute Gasteiger partial charge is 0.376 e. The Bertz CT molecular complexity index is 1360. The summed E-state index contributed by atoms with van der Waals surface area (Å²) in [7, 11) is 0. The van der Waals surface area contributed by atoms with Crippen molar-refractivity contribution in [3.8, 4) is 0 Å². The van der Waals surface area contributed by atoms with E-state index in [4.69, 9.17) is 4.74 Å². The van der Waals surface area contributed by atoms with Gasteiger partial charge in [0.2, 0.25) is 0 Å². The normalized spacial score (nSPS) is 16.9. The van der Waals surface area contributed by atoms with Crippen LogP contribution in [0.25, 0.3) is 10.9 Å². The minimum Gasteiger partial charge on any atom is -0.376 e. The maximum atomic E-state index is 13.1. The van der Waals surface area contributed by atoms with E-state index in [1.807, 2.05) is 35.1 Å². The summed E-state index contributed by atoms with van der Waals surface area (Å²) >= 11 is 0. The third-order valence-corrected chi connectivity index (χ3v) is 6.81. The van der Waals surface area contributed by atoms with E-state index in [-0.39, 0.29) is 23.6 Å². The van der Waals surface area contributed by atoms with Crippen molar-refractivity contribution in [3.63, 3.8) is 0 Å². The molecule has 1 aromatic carbocycles. The number of aromatic amines is 1. The molecule has 0 spiro atoms. The second kappa shape index (κ2) is 10.7. The molecular formula is C27H33N7O2. The molecule has 0 unspecified atom stereocenters. The quantitative estimate of drug-likeness (QED) is 0.383. The van der Waals surface area contributed by atoms with E-state index in [9.17, 15) is 4.79 Å². The lowest BCUT2D eigenvalue weighted by Gasteiger charge is -2.33. The summed E-state index contributed by atoms with van der Waals surface area (Å²) in [4.78, 5) is 22.8. The average Bonchev–Trinajstić information content (AvgIpc) is 3.53. The first-order valence-corrected chi connectivity index (χ1v) is 12.6. The van der Waals surface area contributed by atoms with Crippen LogP contribution in [0.4, 0.5) is 0 Å². The smallest absolute Gasteiger partial charge is 0.252 e. The lowest BCUT2D eigenvalue weighted by atomic mass is 9.99. The molecule has 0 radical (unpaired) electrons. The number of H-pyrrole nitrogens is 1. The van der Waals surface area contributed by atoms with Crippen LogP contribution >= 0.6 is 0 Å². The number of fused-ring (bicyclic) bond motifs is 1. The highest BCUT2D eigenvalue weighted by molar-refractivity contribution is 5.79. The first kappa shape index (κ1) is 24.3. The van der Waals surface area contributed by atoms with E-state index in [0.29, 0.717) is 25.2 Å². The Morgan fingerprint density at radius 1 is 1.22 bits per heavy atom. The topological polar surface area (TPSA) is 102 Å². The maximum absolute atomic E-state index is 13.1. The van der Waals surface area contributed by atoms with Crippen LogP contribution in [0.2, 0.25) is 0 Å². The van der Waals surface area contributed by atoms with Crippen LogP contribution in [0, 0.1) is 12.8 Å². The molecule has 2 atom stereocenters. The molecule has 1 N–H and O–H groups in total. The molecule has 0 bridgehead atoms. The van der Waals surface area contributed by atoms with Crippen molar-refractivity contribution < 1.29 is 4.74 Å². The molecule has 0 saturated carbocycles. The van der Waals surface area contributed by atoms with Gasteiger partial charge in [0.05, 0.1) is 18.7 Å². The zero-order valence-corrected chi connectivity index (χ0v) is 21.1.